The summed E-state index contributed by atoms with van der Waals surface area (Å²) in [6, 6.07) is 6.38. The molecule has 2 unspecified atom stereocenters. The molecule has 0 aliphatic heterocycles. The molecule has 1 aromatic carbocycles. The van der Waals surface area contributed by atoms with Gasteiger partial charge in [-0.3, -0.25) is 0 Å². The van der Waals surface area contributed by atoms with Crippen molar-refractivity contribution in [1.29, 1.82) is 0 Å². The van der Waals surface area contributed by atoms with Gasteiger partial charge in [0.2, 0.25) is 0 Å². The van der Waals surface area contributed by atoms with Gasteiger partial charge in [-0.1, -0.05) is 29.3 Å². The van der Waals surface area contributed by atoms with Crippen molar-refractivity contribution in [2.45, 2.75) is 39.8 Å². The summed E-state index contributed by atoms with van der Waals surface area (Å²) in [7, 11) is 0. The molecule has 0 heterocycles. The van der Waals surface area contributed by atoms with E-state index in [2.05, 4.69) is 32.0 Å². The zero-order chi connectivity index (χ0) is 11.4. The second-order valence-electron chi connectivity index (χ2n) is 4.11. The second-order valence-corrected chi connectivity index (χ2v) is 4.11. The molecule has 1 aromatic rings. The number of rotatable bonds is 4. The van der Waals surface area contributed by atoms with Crippen LogP contribution in [0.15, 0.2) is 18.2 Å². The Morgan fingerprint density at radius 3 is 2.20 bits per heavy atom. The van der Waals surface area contributed by atoms with Crippen LogP contribution < -0.4 is 5.73 Å². The van der Waals surface area contributed by atoms with Crippen LogP contribution >= 0.6 is 0 Å². The molecule has 0 aromatic heterocycles. The lowest BCUT2D eigenvalue weighted by atomic mass is 9.99. The van der Waals surface area contributed by atoms with E-state index < -0.39 is 0 Å². The summed E-state index contributed by atoms with van der Waals surface area (Å²) in [4.78, 5) is 0. The predicted molar refractivity (Wildman–Crippen MR) is 63.9 cm³/mol. The van der Waals surface area contributed by atoms with E-state index in [4.69, 9.17) is 10.5 Å². The van der Waals surface area contributed by atoms with Gasteiger partial charge in [0.05, 0.1) is 12.1 Å². The predicted octanol–water partition coefficient (Wildman–Crippen LogP) is 2.73. The molecule has 0 fully saturated rings. The van der Waals surface area contributed by atoms with Crippen molar-refractivity contribution in [1.82, 2.24) is 0 Å². The molecule has 0 amide bonds. The number of aryl methyl sites for hydroxylation is 2. The van der Waals surface area contributed by atoms with Gasteiger partial charge in [-0.25, -0.2) is 0 Å². The van der Waals surface area contributed by atoms with Gasteiger partial charge in [0.15, 0.2) is 0 Å². The van der Waals surface area contributed by atoms with Gasteiger partial charge in [-0.15, -0.1) is 0 Å². The minimum Gasteiger partial charge on any atom is -0.377 e. The van der Waals surface area contributed by atoms with Crippen LogP contribution in [0, 0.1) is 13.8 Å². The Morgan fingerprint density at radius 2 is 1.73 bits per heavy atom. The molecule has 0 aliphatic carbocycles. The Balaban J connectivity index is 2.85. The van der Waals surface area contributed by atoms with Gasteiger partial charge >= 0.3 is 0 Å². The highest BCUT2D eigenvalue weighted by atomic mass is 16.5. The maximum atomic E-state index is 6.14. The van der Waals surface area contributed by atoms with E-state index in [1.165, 1.54) is 11.1 Å². The Morgan fingerprint density at radius 1 is 1.20 bits per heavy atom. The van der Waals surface area contributed by atoms with Crippen LogP contribution in [0.25, 0.3) is 0 Å². The Kier molecular flexibility index (Phi) is 4.30. The van der Waals surface area contributed by atoms with Crippen LogP contribution in [0.1, 0.15) is 36.6 Å². The summed E-state index contributed by atoms with van der Waals surface area (Å²) in [5.41, 5.74) is 9.81. The van der Waals surface area contributed by atoms with Crippen molar-refractivity contribution < 1.29 is 4.74 Å². The first-order valence-corrected chi connectivity index (χ1v) is 5.50. The van der Waals surface area contributed by atoms with Gasteiger partial charge in [-0.2, -0.15) is 0 Å². The normalized spacial score (nSPS) is 15.0. The highest BCUT2D eigenvalue weighted by Crippen LogP contribution is 2.19. The van der Waals surface area contributed by atoms with E-state index in [1.54, 1.807) is 0 Å². The lowest BCUT2D eigenvalue weighted by molar-refractivity contribution is 0.0574. The van der Waals surface area contributed by atoms with Crippen molar-refractivity contribution in [3.05, 3.63) is 34.9 Å². The molecule has 0 aliphatic rings. The average molecular weight is 207 g/mol. The van der Waals surface area contributed by atoms with Crippen LogP contribution in [-0.2, 0) is 4.74 Å². The SMILES string of the molecule is CCOC(C)C(N)c1cc(C)cc(C)c1. The van der Waals surface area contributed by atoms with Crippen LogP contribution in [0.4, 0.5) is 0 Å². The van der Waals surface area contributed by atoms with E-state index in [0.717, 1.165) is 5.56 Å². The number of hydrogen-bond donors (Lipinski definition) is 1. The van der Waals surface area contributed by atoms with Gasteiger partial charge in [0.25, 0.3) is 0 Å². The third-order valence-corrected chi connectivity index (χ3v) is 2.56. The molecule has 2 atom stereocenters. The fraction of sp³-hybridized carbons (Fsp3) is 0.538. The summed E-state index contributed by atoms with van der Waals surface area (Å²) >= 11 is 0. The molecule has 15 heavy (non-hydrogen) atoms. The number of ether oxygens (including phenoxy) is 1. The van der Waals surface area contributed by atoms with E-state index in [1.807, 2.05) is 13.8 Å². The molecular weight excluding hydrogens is 186 g/mol. The zero-order valence-electron chi connectivity index (χ0n) is 10.1. The topological polar surface area (TPSA) is 35.2 Å². The second kappa shape index (κ2) is 5.29. The van der Waals surface area contributed by atoms with Crippen LogP contribution in [-0.4, -0.2) is 12.7 Å². The van der Waals surface area contributed by atoms with Crippen LogP contribution in [0.5, 0.6) is 0 Å². The van der Waals surface area contributed by atoms with Crippen LogP contribution in [0.3, 0.4) is 0 Å². The first kappa shape index (κ1) is 12.2. The first-order chi connectivity index (χ1) is 7.04. The van der Waals surface area contributed by atoms with Crippen molar-refractivity contribution >= 4 is 0 Å². The zero-order valence-corrected chi connectivity index (χ0v) is 10.1. The molecule has 0 saturated heterocycles. The average Bonchev–Trinajstić information content (AvgIpc) is 2.15. The minimum atomic E-state index is -0.0384. The van der Waals surface area contributed by atoms with E-state index in [0.29, 0.717) is 6.61 Å². The highest BCUT2D eigenvalue weighted by Gasteiger charge is 2.15. The van der Waals surface area contributed by atoms with Crippen LogP contribution in [0.2, 0.25) is 0 Å². The molecular formula is C13H21NO. The standard InChI is InChI=1S/C13H21NO/c1-5-15-11(4)13(14)12-7-9(2)6-10(3)8-12/h6-8,11,13H,5,14H2,1-4H3. The van der Waals surface area contributed by atoms with Crippen molar-refractivity contribution in [2.24, 2.45) is 5.73 Å². The molecule has 2 nitrogen and oxygen atoms in total. The van der Waals surface area contributed by atoms with Gasteiger partial charge in [0.1, 0.15) is 0 Å². The molecule has 0 radical (unpaired) electrons. The monoisotopic (exact) mass is 207 g/mol. The molecule has 0 saturated carbocycles. The summed E-state index contributed by atoms with van der Waals surface area (Å²) in [5.74, 6) is 0. The molecule has 1 rings (SSSR count). The summed E-state index contributed by atoms with van der Waals surface area (Å²) in [5, 5.41) is 0. The number of benzene rings is 1. The molecule has 0 spiro atoms. The number of hydrogen-bond acceptors (Lipinski definition) is 2. The van der Waals surface area contributed by atoms with E-state index in [9.17, 15) is 0 Å². The van der Waals surface area contributed by atoms with Crippen molar-refractivity contribution in [3.63, 3.8) is 0 Å². The Labute approximate surface area is 92.4 Å². The van der Waals surface area contributed by atoms with E-state index >= 15 is 0 Å². The maximum absolute atomic E-state index is 6.14. The van der Waals surface area contributed by atoms with Gasteiger partial charge in [0, 0.05) is 6.61 Å². The van der Waals surface area contributed by atoms with Gasteiger partial charge in [-0.05, 0) is 33.3 Å². The quantitative estimate of drug-likeness (QED) is 0.824. The minimum absolute atomic E-state index is 0.0384. The smallest absolute Gasteiger partial charge is 0.0739 e. The first-order valence-electron chi connectivity index (χ1n) is 5.50. The lowest BCUT2D eigenvalue weighted by Crippen LogP contribution is -2.26. The summed E-state index contributed by atoms with van der Waals surface area (Å²) in [6.45, 7) is 8.90. The molecule has 2 N–H and O–H groups in total. The lowest BCUT2D eigenvalue weighted by Gasteiger charge is -2.21. The molecule has 0 bridgehead atoms. The molecule has 2 heteroatoms. The fourth-order valence-corrected chi connectivity index (χ4v) is 1.84. The Bertz CT molecular complexity index is 302. The fourth-order valence-electron chi connectivity index (χ4n) is 1.84. The molecule has 84 valence electrons. The summed E-state index contributed by atoms with van der Waals surface area (Å²) in [6.07, 6.45) is 0.0659. The highest BCUT2D eigenvalue weighted by molar-refractivity contribution is 5.30. The van der Waals surface area contributed by atoms with Crippen molar-refractivity contribution in [2.75, 3.05) is 6.61 Å². The largest absolute Gasteiger partial charge is 0.377 e. The maximum Gasteiger partial charge on any atom is 0.0739 e. The van der Waals surface area contributed by atoms with Gasteiger partial charge < -0.3 is 10.5 Å². The van der Waals surface area contributed by atoms with E-state index in [-0.39, 0.29) is 12.1 Å². The third kappa shape index (κ3) is 3.33. The summed E-state index contributed by atoms with van der Waals surface area (Å²) < 4.78 is 5.51. The number of nitrogens with two attached hydrogens (primary N) is 1. The third-order valence-electron chi connectivity index (χ3n) is 2.56. The Hall–Kier alpha value is -0.860. The van der Waals surface area contributed by atoms with Crippen molar-refractivity contribution in [3.8, 4) is 0 Å².